The molecule has 2 aromatic heterocycles. The van der Waals surface area contributed by atoms with E-state index < -0.39 is 0 Å². The lowest BCUT2D eigenvalue weighted by Crippen LogP contribution is -2.01. The maximum absolute atomic E-state index is 2.37. The molecule has 0 unspecified atom stereocenters. The van der Waals surface area contributed by atoms with Gasteiger partial charge in [-0.1, -0.05) is 41.5 Å². The molecule has 0 aliphatic rings. The van der Waals surface area contributed by atoms with E-state index in [1.165, 1.54) is 22.3 Å². The molecule has 2 aromatic rings. The number of hydrogen-bond donors (Lipinski definition) is 0. The van der Waals surface area contributed by atoms with E-state index in [1.54, 1.807) is 0 Å². The largest absolute Gasteiger partial charge is 0.320 e. The molecule has 0 aromatic carbocycles. The molecule has 0 N–H and O–H groups in total. The second-order valence-electron chi connectivity index (χ2n) is 6.25. The molecule has 0 spiro atoms. The van der Waals surface area contributed by atoms with Crippen molar-refractivity contribution in [3.05, 3.63) is 41.2 Å². The van der Waals surface area contributed by atoms with Gasteiger partial charge in [-0.2, -0.15) is 0 Å². The summed E-state index contributed by atoms with van der Waals surface area (Å²) in [4.78, 5) is 0. The predicted octanol–water partition coefficient (Wildman–Crippen LogP) is 5.31. The summed E-state index contributed by atoms with van der Waals surface area (Å²) in [6, 6.07) is 7.04. The quantitative estimate of drug-likeness (QED) is 0.688. The Bertz CT molecular complexity index is 544. The second-order valence-corrected chi connectivity index (χ2v) is 6.25. The molecular formula is C17H25N. The van der Waals surface area contributed by atoms with Crippen LogP contribution in [-0.2, 0) is 0 Å². The minimum Gasteiger partial charge on any atom is -0.320 e. The van der Waals surface area contributed by atoms with E-state index in [-0.39, 0.29) is 0 Å². The van der Waals surface area contributed by atoms with Crippen LogP contribution in [-0.4, -0.2) is 4.40 Å². The number of hydrogen-bond acceptors (Lipinski definition) is 0. The zero-order valence-corrected chi connectivity index (χ0v) is 12.5. The molecule has 0 aliphatic carbocycles. The smallest absolute Gasteiger partial charge is 0.0458 e. The van der Waals surface area contributed by atoms with Crippen molar-refractivity contribution in [2.24, 2.45) is 0 Å². The SMILES string of the molecule is CC(C)c1cc(C(C)C)n2cc(C(C)C)cc2c1. The second kappa shape index (κ2) is 4.79. The maximum atomic E-state index is 2.37. The number of fused-ring (bicyclic) bond motifs is 1. The van der Waals surface area contributed by atoms with Crippen LogP contribution in [0, 0.1) is 0 Å². The zero-order chi connectivity index (χ0) is 13.4. The van der Waals surface area contributed by atoms with Gasteiger partial charge in [0.25, 0.3) is 0 Å². The number of aromatic nitrogens is 1. The zero-order valence-electron chi connectivity index (χ0n) is 12.5. The standard InChI is InChI=1S/C17H25N/c1-11(2)14-7-16-8-15(12(3)4)10-18(16)17(9-14)13(5)6/h7-13H,1-6H3. The fourth-order valence-electron chi connectivity index (χ4n) is 2.38. The lowest BCUT2D eigenvalue weighted by molar-refractivity contribution is 0.781. The van der Waals surface area contributed by atoms with Gasteiger partial charge in [-0.15, -0.1) is 0 Å². The molecule has 0 saturated carbocycles. The van der Waals surface area contributed by atoms with Crippen LogP contribution in [0.25, 0.3) is 5.52 Å². The molecule has 0 atom stereocenters. The molecule has 0 amide bonds. The molecule has 0 saturated heterocycles. The summed E-state index contributed by atoms with van der Waals surface area (Å²) in [5.41, 5.74) is 5.63. The van der Waals surface area contributed by atoms with Crippen molar-refractivity contribution in [1.82, 2.24) is 4.40 Å². The molecule has 2 heterocycles. The van der Waals surface area contributed by atoms with Gasteiger partial charge in [0.05, 0.1) is 0 Å². The van der Waals surface area contributed by atoms with Crippen molar-refractivity contribution in [2.45, 2.75) is 59.3 Å². The van der Waals surface area contributed by atoms with E-state index in [9.17, 15) is 0 Å². The summed E-state index contributed by atoms with van der Waals surface area (Å²) >= 11 is 0. The van der Waals surface area contributed by atoms with Gasteiger partial charge in [-0.05, 0) is 47.1 Å². The van der Waals surface area contributed by atoms with Crippen molar-refractivity contribution in [3.63, 3.8) is 0 Å². The summed E-state index contributed by atoms with van der Waals surface area (Å²) in [5.74, 6) is 1.73. The van der Waals surface area contributed by atoms with Crippen molar-refractivity contribution in [1.29, 1.82) is 0 Å². The molecule has 1 heteroatoms. The van der Waals surface area contributed by atoms with Crippen LogP contribution in [0.1, 0.15) is 76.1 Å². The predicted molar refractivity (Wildman–Crippen MR) is 79.7 cm³/mol. The molecule has 2 rings (SSSR count). The van der Waals surface area contributed by atoms with Crippen molar-refractivity contribution in [2.75, 3.05) is 0 Å². The first-order chi connectivity index (χ1) is 8.40. The highest BCUT2D eigenvalue weighted by molar-refractivity contribution is 5.55. The fraction of sp³-hybridized carbons (Fsp3) is 0.529. The van der Waals surface area contributed by atoms with Crippen LogP contribution in [0.15, 0.2) is 24.4 Å². The van der Waals surface area contributed by atoms with E-state index in [2.05, 4.69) is 70.3 Å². The summed E-state index contributed by atoms with van der Waals surface area (Å²) in [6.45, 7) is 13.6. The molecule has 0 aliphatic heterocycles. The highest BCUT2D eigenvalue weighted by atomic mass is 14.9. The van der Waals surface area contributed by atoms with Crippen LogP contribution >= 0.6 is 0 Å². The number of nitrogens with zero attached hydrogens (tertiary/aromatic N) is 1. The van der Waals surface area contributed by atoms with E-state index >= 15 is 0 Å². The third-order valence-corrected chi connectivity index (χ3v) is 3.70. The van der Waals surface area contributed by atoms with Crippen molar-refractivity contribution >= 4 is 5.52 Å². The Morgan fingerprint density at radius 1 is 0.722 bits per heavy atom. The topological polar surface area (TPSA) is 4.41 Å². The van der Waals surface area contributed by atoms with Crippen LogP contribution < -0.4 is 0 Å². The lowest BCUT2D eigenvalue weighted by Gasteiger charge is -2.14. The first kappa shape index (κ1) is 13.2. The van der Waals surface area contributed by atoms with Gasteiger partial charge in [-0.25, -0.2) is 0 Å². The summed E-state index contributed by atoms with van der Waals surface area (Å²) in [5, 5.41) is 0. The lowest BCUT2D eigenvalue weighted by atomic mass is 9.99. The Morgan fingerprint density at radius 2 is 1.28 bits per heavy atom. The van der Waals surface area contributed by atoms with Gasteiger partial charge >= 0.3 is 0 Å². The highest BCUT2D eigenvalue weighted by Gasteiger charge is 2.12. The Hall–Kier alpha value is -1.24. The molecule has 18 heavy (non-hydrogen) atoms. The van der Waals surface area contributed by atoms with Crippen LogP contribution in [0.5, 0.6) is 0 Å². The third-order valence-electron chi connectivity index (χ3n) is 3.70. The summed E-state index contributed by atoms with van der Waals surface area (Å²) in [7, 11) is 0. The van der Waals surface area contributed by atoms with Gasteiger partial charge < -0.3 is 4.40 Å². The first-order valence-electron chi connectivity index (χ1n) is 7.06. The summed E-state index contributed by atoms with van der Waals surface area (Å²) < 4.78 is 2.37. The van der Waals surface area contributed by atoms with E-state index in [0.29, 0.717) is 17.8 Å². The van der Waals surface area contributed by atoms with Gasteiger partial charge in [0, 0.05) is 17.4 Å². The number of rotatable bonds is 3. The van der Waals surface area contributed by atoms with Crippen molar-refractivity contribution < 1.29 is 0 Å². The Morgan fingerprint density at radius 3 is 1.78 bits per heavy atom. The van der Waals surface area contributed by atoms with Crippen LogP contribution in [0.3, 0.4) is 0 Å². The maximum Gasteiger partial charge on any atom is 0.0458 e. The molecule has 98 valence electrons. The Kier molecular flexibility index (Phi) is 3.52. The Labute approximate surface area is 111 Å². The molecule has 0 bridgehead atoms. The van der Waals surface area contributed by atoms with E-state index in [0.717, 1.165) is 0 Å². The average Bonchev–Trinajstić information content (AvgIpc) is 2.70. The monoisotopic (exact) mass is 243 g/mol. The first-order valence-corrected chi connectivity index (χ1v) is 7.06. The van der Waals surface area contributed by atoms with E-state index in [4.69, 9.17) is 0 Å². The van der Waals surface area contributed by atoms with Crippen LogP contribution in [0.4, 0.5) is 0 Å². The van der Waals surface area contributed by atoms with Crippen LogP contribution in [0.2, 0.25) is 0 Å². The minimum atomic E-state index is 0.554. The summed E-state index contributed by atoms with van der Waals surface area (Å²) in [6.07, 6.45) is 2.31. The van der Waals surface area contributed by atoms with Gasteiger partial charge in [0.15, 0.2) is 0 Å². The minimum absolute atomic E-state index is 0.554. The molecular weight excluding hydrogens is 218 g/mol. The molecule has 0 radical (unpaired) electrons. The number of pyridine rings is 1. The van der Waals surface area contributed by atoms with Crippen molar-refractivity contribution in [3.8, 4) is 0 Å². The fourth-order valence-corrected chi connectivity index (χ4v) is 2.38. The normalized spacial score (nSPS) is 12.3. The van der Waals surface area contributed by atoms with Gasteiger partial charge in [0.2, 0.25) is 0 Å². The average molecular weight is 243 g/mol. The molecule has 1 nitrogen and oxygen atoms in total. The highest BCUT2D eigenvalue weighted by Crippen LogP contribution is 2.27. The molecule has 0 fully saturated rings. The Balaban J connectivity index is 2.69. The third kappa shape index (κ3) is 2.31. The van der Waals surface area contributed by atoms with Gasteiger partial charge in [-0.3, -0.25) is 0 Å². The van der Waals surface area contributed by atoms with E-state index in [1.807, 2.05) is 0 Å². The van der Waals surface area contributed by atoms with Gasteiger partial charge in [0.1, 0.15) is 0 Å².